The highest BCUT2D eigenvalue weighted by molar-refractivity contribution is 5.78. The number of piperidine rings is 1. The van der Waals surface area contributed by atoms with Crippen molar-refractivity contribution in [1.82, 2.24) is 15.1 Å². The molecule has 2 aromatic rings. The summed E-state index contributed by atoms with van der Waals surface area (Å²) in [5.41, 5.74) is 0. The van der Waals surface area contributed by atoms with Crippen LogP contribution in [0.3, 0.4) is 0 Å². The number of benzene rings is 1. The lowest BCUT2D eigenvalue weighted by atomic mass is 9.85. The molecule has 8 nitrogen and oxygen atoms in total. The number of nitrogens with zero attached hydrogens (tertiary/aromatic N) is 4. The number of carbonyl (C=O) groups is 1. The van der Waals surface area contributed by atoms with E-state index in [0.29, 0.717) is 30.8 Å². The van der Waals surface area contributed by atoms with Gasteiger partial charge in [0.15, 0.2) is 0 Å². The average Bonchev–Trinajstić information content (AvgIpc) is 3.22. The summed E-state index contributed by atoms with van der Waals surface area (Å²) < 4.78 is 30.3. The minimum absolute atomic E-state index is 0.0153. The second-order valence-corrected chi connectivity index (χ2v) is 8.51. The SMILES string of the molecule is O=C1COC(COc2ccc(F)cc2)CN1C1CCN(c2nnc(C3CCC3)o2)CC1. The highest BCUT2D eigenvalue weighted by atomic mass is 19.1. The van der Waals surface area contributed by atoms with Crippen LogP contribution in [0.15, 0.2) is 28.7 Å². The summed E-state index contributed by atoms with van der Waals surface area (Å²) in [7, 11) is 0. The molecule has 2 aliphatic heterocycles. The Morgan fingerprint density at radius 2 is 1.87 bits per heavy atom. The maximum atomic E-state index is 13.0. The highest BCUT2D eigenvalue weighted by Gasteiger charge is 2.35. The van der Waals surface area contributed by atoms with Crippen molar-refractivity contribution in [2.45, 2.75) is 50.2 Å². The van der Waals surface area contributed by atoms with Crippen LogP contribution in [0, 0.1) is 5.82 Å². The summed E-state index contributed by atoms with van der Waals surface area (Å²) in [6.07, 6.45) is 4.99. The van der Waals surface area contributed by atoms with Crippen LogP contribution in [-0.2, 0) is 9.53 Å². The molecule has 31 heavy (non-hydrogen) atoms. The Kier molecular flexibility index (Phi) is 5.76. The van der Waals surface area contributed by atoms with E-state index in [0.717, 1.165) is 44.7 Å². The fourth-order valence-electron chi connectivity index (χ4n) is 4.36. The Labute approximate surface area is 180 Å². The number of carbonyl (C=O) groups excluding carboxylic acids is 1. The maximum absolute atomic E-state index is 13.0. The first-order valence-electron chi connectivity index (χ1n) is 11.0. The molecule has 0 radical (unpaired) electrons. The van der Waals surface area contributed by atoms with Gasteiger partial charge in [-0.3, -0.25) is 4.79 Å². The number of aromatic nitrogens is 2. The van der Waals surface area contributed by atoms with Crippen molar-refractivity contribution in [3.63, 3.8) is 0 Å². The molecule has 1 aromatic heterocycles. The predicted octanol–water partition coefficient (Wildman–Crippen LogP) is 2.75. The molecule has 1 saturated carbocycles. The van der Waals surface area contributed by atoms with Crippen LogP contribution in [0.5, 0.6) is 5.75 Å². The molecule has 1 amide bonds. The zero-order valence-corrected chi connectivity index (χ0v) is 17.4. The van der Waals surface area contributed by atoms with Crippen LogP contribution >= 0.6 is 0 Å². The van der Waals surface area contributed by atoms with E-state index in [1.54, 1.807) is 12.1 Å². The molecule has 0 bridgehead atoms. The summed E-state index contributed by atoms with van der Waals surface area (Å²) in [6.45, 7) is 2.43. The molecular weight excluding hydrogens is 403 g/mol. The predicted molar refractivity (Wildman–Crippen MR) is 109 cm³/mol. The first-order chi connectivity index (χ1) is 15.2. The Bertz CT molecular complexity index is 893. The number of amides is 1. The Morgan fingerprint density at radius 1 is 1.10 bits per heavy atom. The third kappa shape index (κ3) is 4.51. The van der Waals surface area contributed by atoms with Crippen molar-refractivity contribution >= 4 is 11.9 Å². The first-order valence-corrected chi connectivity index (χ1v) is 11.0. The molecular formula is C22H27FN4O4. The Hall–Kier alpha value is -2.68. The largest absolute Gasteiger partial charge is 0.491 e. The number of morpholine rings is 1. The van der Waals surface area contributed by atoms with Crippen molar-refractivity contribution in [2.75, 3.05) is 37.7 Å². The Balaban J connectivity index is 1.13. The number of ether oxygens (including phenoxy) is 2. The van der Waals surface area contributed by atoms with Crippen molar-refractivity contribution < 1.29 is 23.1 Å². The van der Waals surface area contributed by atoms with E-state index in [1.807, 2.05) is 4.90 Å². The summed E-state index contributed by atoms with van der Waals surface area (Å²) in [5, 5.41) is 8.46. The van der Waals surface area contributed by atoms with E-state index in [1.165, 1.54) is 18.6 Å². The number of hydrogen-bond donors (Lipinski definition) is 0. The van der Waals surface area contributed by atoms with E-state index in [4.69, 9.17) is 13.9 Å². The van der Waals surface area contributed by atoms with Gasteiger partial charge in [0.1, 0.15) is 30.9 Å². The lowest BCUT2D eigenvalue weighted by molar-refractivity contribution is -0.154. The topological polar surface area (TPSA) is 80.9 Å². The molecule has 1 unspecified atom stereocenters. The standard InChI is InChI=1S/C22H27FN4O4/c23-16-4-6-18(7-5-16)29-13-19-12-27(20(28)14-30-19)17-8-10-26(11-9-17)22-25-24-21(31-22)15-2-1-3-15/h4-7,15,17,19H,1-3,8-14H2. The zero-order chi connectivity index (χ0) is 21.2. The maximum Gasteiger partial charge on any atom is 0.318 e. The van der Waals surface area contributed by atoms with Crippen molar-refractivity contribution in [1.29, 1.82) is 0 Å². The summed E-state index contributed by atoms with van der Waals surface area (Å²) >= 11 is 0. The molecule has 3 heterocycles. The average molecular weight is 430 g/mol. The first kappa shape index (κ1) is 20.2. The lowest BCUT2D eigenvalue weighted by Gasteiger charge is -2.41. The quantitative estimate of drug-likeness (QED) is 0.697. The third-order valence-corrected chi connectivity index (χ3v) is 6.47. The van der Waals surface area contributed by atoms with Gasteiger partial charge >= 0.3 is 6.01 Å². The number of anilines is 1. The molecule has 1 aromatic carbocycles. The lowest BCUT2D eigenvalue weighted by Crippen LogP contribution is -2.55. The van der Waals surface area contributed by atoms with Gasteiger partial charge in [0.05, 0.1) is 6.54 Å². The van der Waals surface area contributed by atoms with Crippen molar-refractivity contribution in [2.24, 2.45) is 0 Å². The van der Waals surface area contributed by atoms with Crippen LogP contribution in [0.1, 0.15) is 43.9 Å². The smallest absolute Gasteiger partial charge is 0.318 e. The van der Waals surface area contributed by atoms with Gasteiger partial charge in [-0.25, -0.2) is 4.39 Å². The second kappa shape index (κ2) is 8.82. The number of rotatable bonds is 6. The minimum Gasteiger partial charge on any atom is -0.491 e. The van der Waals surface area contributed by atoms with E-state index in [9.17, 15) is 9.18 Å². The van der Waals surface area contributed by atoms with Crippen molar-refractivity contribution in [3.8, 4) is 5.75 Å². The fourth-order valence-corrected chi connectivity index (χ4v) is 4.36. The number of hydrogen-bond acceptors (Lipinski definition) is 7. The molecule has 9 heteroatoms. The molecule has 5 rings (SSSR count). The van der Waals surface area contributed by atoms with Crippen LogP contribution < -0.4 is 9.64 Å². The van der Waals surface area contributed by atoms with Gasteiger partial charge in [-0.15, -0.1) is 5.10 Å². The molecule has 2 saturated heterocycles. The normalized spacial score (nSPS) is 23.1. The van der Waals surface area contributed by atoms with Crippen LogP contribution in [-0.4, -0.2) is 66.0 Å². The van der Waals surface area contributed by atoms with E-state index in [2.05, 4.69) is 15.1 Å². The monoisotopic (exact) mass is 430 g/mol. The van der Waals surface area contributed by atoms with Gasteiger partial charge in [-0.1, -0.05) is 11.5 Å². The highest BCUT2D eigenvalue weighted by Crippen LogP contribution is 2.36. The van der Waals surface area contributed by atoms with Gasteiger partial charge in [0.25, 0.3) is 0 Å². The van der Waals surface area contributed by atoms with Gasteiger partial charge in [-0.2, -0.15) is 0 Å². The van der Waals surface area contributed by atoms with E-state index >= 15 is 0 Å². The van der Waals surface area contributed by atoms with Gasteiger partial charge in [0, 0.05) is 25.0 Å². The van der Waals surface area contributed by atoms with Gasteiger partial charge in [-0.05, 0) is 49.9 Å². The minimum atomic E-state index is -0.302. The molecule has 166 valence electrons. The zero-order valence-electron chi connectivity index (χ0n) is 17.4. The van der Waals surface area contributed by atoms with Crippen LogP contribution in [0.4, 0.5) is 10.4 Å². The second-order valence-electron chi connectivity index (χ2n) is 8.51. The van der Waals surface area contributed by atoms with E-state index < -0.39 is 0 Å². The molecule has 1 atom stereocenters. The van der Waals surface area contributed by atoms with Gasteiger partial charge in [0.2, 0.25) is 11.8 Å². The summed E-state index contributed by atoms with van der Waals surface area (Å²) in [6, 6.07) is 6.66. The van der Waals surface area contributed by atoms with Crippen LogP contribution in [0.2, 0.25) is 0 Å². The van der Waals surface area contributed by atoms with Crippen molar-refractivity contribution in [3.05, 3.63) is 36.0 Å². The summed E-state index contributed by atoms with van der Waals surface area (Å²) in [5.74, 6) is 1.49. The molecule has 3 aliphatic rings. The molecule has 0 N–H and O–H groups in total. The summed E-state index contributed by atoms with van der Waals surface area (Å²) in [4.78, 5) is 16.5. The van der Waals surface area contributed by atoms with Gasteiger partial charge < -0.3 is 23.7 Å². The Morgan fingerprint density at radius 3 is 2.58 bits per heavy atom. The van der Waals surface area contributed by atoms with E-state index in [-0.39, 0.29) is 30.5 Å². The number of halogens is 1. The fraction of sp³-hybridized carbons (Fsp3) is 0.591. The molecule has 0 spiro atoms. The molecule has 1 aliphatic carbocycles. The molecule has 3 fully saturated rings. The van der Waals surface area contributed by atoms with Crippen LogP contribution in [0.25, 0.3) is 0 Å². The third-order valence-electron chi connectivity index (χ3n) is 6.47.